The lowest BCUT2D eigenvalue weighted by molar-refractivity contribution is -0.122. The molecule has 0 spiro atoms. The van der Waals surface area contributed by atoms with Crippen LogP contribution in [0.5, 0.6) is 0 Å². The largest absolute Gasteiger partial charge is 0.353 e. The zero-order valence-corrected chi connectivity index (χ0v) is 16.9. The van der Waals surface area contributed by atoms with E-state index < -0.39 is 0 Å². The molecule has 1 N–H and O–H groups in total. The summed E-state index contributed by atoms with van der Waals surface area (Å²) in [5.74, 6) is 0.624. The smallest absolute Gasteiger partial charge is 0.264 e. The van der Waals surface area contributed by atoms with Crippen LogP contribution in [0.1, 0.15) is 71.5 Å². The number of hydrogen-bond donors (Lipinski definition) is 1. The first kappa shape index (κ1) is 19.6. The van der Waals surface area contributed by atoms with Crippen molar-refractivity contribution in [3.8, 4) is 0 Å². The fraction of sp³-hybridized carbons (Fsp3) is 0.700. The van der Waals surface area contributed by atoms with Crippen molar-refractivity contribution in [3.63, 3.8) is 0 Å². The van der Waals surface area contributed by atoms with Crippen LogP contribution < -0.4 is 10.9 Å². The number of aryl methyl sites for hydroxylation is 1. The second-order valence-electron chi connectivity index (χ2n) is 8.59. The van der Waals surface area contributed by atoms with Gasteiger partial charge in [-0.3, -0.25) is 14.2 Å². The molecule has 0 bridgehead atoms. The Kier molecular flexibility index (Phi) is 5.67. The summed E-state index contributed by atoms with van der Waals surface area (Å²) in [6, 6.07) is 0.281. The summed E-state index contributed by atoms with van der Waals surface area (Å²) >= 11 is 0. The minimum atomic E-state index is -0.252. The molecule has 2 aromatic rings. The van der Waals surface area contributed by atoms with Crippen LogP contribution in [-0.4, -0.2) is 31.3 Å². The molecule has 0 atom stereocenters. The number of carbonyl (C=O) groups is 1. The summed E-state index contributed by atoms with van der Waals surface area (Å²) in [5, 5.41) is 7.99. The Balaban J connectivity index is 1.73. The maximum absolute atomic E-state index is 12.9. The highest BCUT2D eigenvalue weighted by molar-refractivity contribution is 5.76. The Morgan fingerprint density at radius 2 is 1.89 bits per heavy atom. The van der Waals surface area contributed by atoms with Gasteiger partial charge in [-0.05, 0) is 40.5 Å². The van der Waals surface area contributed by atoms with Gasteiger partial charge in [0.05, 0.1) is 11.7 Å². The maximum Gasteiger partial charge on any atom is 0.264 e. The molecule has 0 unspecified atom stereocenters. The van der Waals surface area contributed by atoms with Crippen molar-refractivity contribution in [1.82, 2.24) is 24.6 Å². The predicted molar refractivity (Wildman–Crippen MR) is 106 cm³/mol. The molecule has 7 nitrogen and oxygen atoms in total. The summed E-state index contributed by atoms with van der Waals surface area (Å²) in [5.41, 5.74) is 0.220. The number of carbonyl (C=O) groups excluding carboxylic acids is 1. The van der Waals surface area contributed by atoms with Gasteiger partial charge in [-0.15, -0.1) is 0 Å². The molecule has 1 saturated carbocycles. The van der Waals surface area contributed by atoms with Crippen LogP contribution in [0.4, 0.5) is 0 Å². The summed E-state index contributed by atoms with van der Waals surface area (Å²) in [6.07, 6.45) is 8.87. The Bertz CT molecular complexity index is 867. The van der Waals surface area contributed by atoms with Gasteiger partial charge in [0.15, 0.2) is 5.65 Å². The molecule has 148 valence electrons. The second kappa shape index (κ2) is 7.82. The van der Waals surface area contributed by atoms with E-state index in [4.69, 9.17) is 0 Å². The molecule has 1 fully saturated rings. The van der Waals surface area contributed by atoms with Gasteiger partial charge in [0, 0.05) is 19.0 Å². The van der Waals surface area contributed by atoms with Crippen molar-refractivity contribution in [3.05, 3.63) is 22.4 Å². The Labute approximate surface area is 160 Å². The predicted octanol–water partition coefficient (Wildman–Crippen LogP) is 2.89. The Morgan fingerprint density at radius 1 is 1.22 bits per heavy atom. The molecule has 1 amide bonds. The van der Waals surface area contributed by atoms with Crippen LogP contribution in [0.25, 0.3) is 11.0 Å². The minimum Gasteiger partial charge on any atom is -0.353 e. The molecule has 7 heteroatoms. The second-order valence-corrected chi connectivity index (χ2v) is 8.59. The van der Waals surface area contributed by atoms with Crippen LogP contribution >= 0.6 is 0 Å². The highest BCUT2D eigenvalue weighted by atomic mass is 16.2. The molecule has 0 saturated heterocycles. The SMILES string of the molecule is Cc1nc2c(cnn2C(C)(C)C)c(=O)n1CCC(=O)NC1CCCCCC1. The van der Waals surface area contributed by atoms with Crippen LogP contribution in [0.2, 0.25) is 0 Å². The van der Waals surface area contributed by atoms with Gasteiger partial charge >= 0.3 is 0 Å². The van der Waals surface area contributed by atoms with Gasteiger partial charge in [-0.25, -0.2) is 9.67 Å². The molecule has 0 aliphatic heterocycles. The lowest BCUT2D eigenvalue weighted by atomic mass is 10.1. The number of nitrogens with one attached hydrogen (secondary N) is 1. The van der Waals surface area contributed by atoms with Crippen molar-refractivity contribution in [2.24, 2.45) is 0 Å². The average Bonchev–Trinajstić information content (AvgIpc) is 2.85. The fourth-order valence-corrected chi connectivity index (χ4v) is 3.80. The Morgan fingerprint density at radius 3 is 2.52 bits per heavy atom. The zero-order chi connectivity index (χ0) is 19.6. The molecule has 3 rings (SSSR count). The van der Waals surface area contributed by atoms with E-state index in [9.17, 15) is 9.59 Å². The van der Waals surface area contributed by atoms with Crippen LogP contribution in [0.3, 0.4) is 0 Å². The van der Waals surface area contributed by atoms with Crippen LogP contribution in [0, 0.1) is 6.92 Å². The molecule has 1 aliphatic rings. The first-order valence-corrected chi connectivity index (χ1v) is 10.0. The minimum absolute atomic E-state index is 0.0127. The third-order valence-electron chi connectivity index (χ3n) is 5.30. The molecular formula is C20H31N5O2. The normalized spacial score (nSPS) is 16.4. The standard InChI is InChI=1S/C20H31N5O2/c1-14-22-18-16(13-21-25(18)20(2,3)4)19(27)24(14)12-11-17(26)23-15-9-7-5-6-8-10-15/h13,15H,5-12H2,1-4H3,(H,23,26). The van der Waals surface area contributed by atoms with Crippen molar-refractivity contribution in [2.75, 3.05) is 0 Å². The van der Waals surface area contributed by atoms with E-state index in [-0.39, 0.29) is 29.5 Å². The van der Waals surface area contributed by atoms with E-state index >= 15 is 0 Å². The molecule has 27 heavy (non-hydrogen) atoms. The number of amides is 1. The number of fused-ring (bicyclic) bond motifs is 1. The van der Waals surface area contributed by atoms with Crippen LogP contribution in [0.15, 0.2) is 11.0 Å². The molecule has 2 aromatic heterocycles. The van der Waals surface area contributed by atoms with E-state index in [1.54, 1.807) is 15.4 Å². The number of hydrogen-bond acceptors (Lipinski definition) is 4. The average molecular weight is 374 g/mol. The molecular weight excluding hydrogens is 342 g/mol. The summed E-state index contributed by atoms with van der Waals surface area (Å²) in [7, 11) is 0. The summed E-state index contributed by atoms with van der Waals surface area (Å²) in [6.45, 7) is 8.23. The van der Waals surface area contributed by atoms with E-state index in [1.807, 2.05) is 27.7 Å². The van der Waals surface area contributed by atoms with Crippen molar-refractivity contribution in [1.29, 1.82) is 0 Å². The molecule has 0 radical (unpaired) electrons. The van der Waals surface area contributed by atoms with Gasteiger partial charge < -0.3 is 5.32 Å². The van der Waals surface area contributed by atoms with Gasteiger partial charge in [0.1, 0.15) is 11.2 Å². The fourth-order valence-electron chi connectivity index (χ4n) is 3.80. The summed E-state index contributed by atoms with van der Waals surface area (Å²) in [4.78, 5) is 29.8. The van der Waals surface area contributed by atoms with Gasteiger partial charge in [0.2, 0.25) is 5.91 Å². The summed E-state index contributed by atoms with van der Waals surface area (Å²) < 4.78 is 3.36. The number of aromatic nitrogens is 4. The third-order valence-corrected chi connectivity index (χ3v) is 5.30. The third kappa shape index (κ3) is 4.39. The van der Waals surface area contributed by atoms with Gasteiger partial charge in [-0.2, -0.15) is 5.10 Å². The van der Waals surface area contributed by atoms with E-state index in [2.05, 4.69) is 15.4 Å². The molecule has 0 aromatic carbocycles. The van der Waals surface area contributed by atoms with Crippen molar-refractivity contribution in [2.45, 2.75) is 90.8 Å². The first-order chi connectivity index (χ1) is 12.8. The lowest BCUT2D eigenvalue weighted by Crippen LogP contribution is -2.36. The van der Waals surface area contributed by atoms with Crippen molar-refractivity contribution >= 4 is 16.9 Å². The Hall–Kier alpha value is -2.18. The van der Waals surface area contributed by atoms with E-state index in [0.717, 1.165) is 12.8 Å². The van der Waals surface area contributed by atoms with Crippen LogP contribution in [-0.2, 0) is 16.9 Å². The highest BCUT2D eigenvalue weighted by Gasteiger charge is 2.21. The van der Waals surface area contributed by atoms with E-state index in [1.165, 1.54) is 25.7 Å². The topological polar surface area (TPSA) is 81.8 Å². The lowest BCUT2D eigenvalue weighted by Gasteiger charge is -2.20. The zero-order valence-electron chi connectivity index (χ0n) is 16.9. The van der Waals surface area contributed by atoms with E-state index in [0.29, 0.717) is 23.4 Å². The number of nitrogens with zero attached hydrogens (tertiary/aromatic N) is 4. The quantitative estimate of drug-likeness (QED) is 0.836. The van der Waals surface area contributed by atoms with Gasteiger partial charge in [0.25, 0.3) is 5.56 Å². The highest BCUT2D eigenvalue weighted by Crippen LogP contribution is 2.19. The monoisotopic (exact) mass is 373 g/mol. The maximum atomic E-state index is 12.9. The first-order valence-electron chi connectivity index (χ1n) is 10.0. The molecule has 1 aliphatic carbocycles. The van der Waals surface area contributed by atoms with Crippen molar-refractivity contribution < 1.29 is 4.79 Å². The molecule has 2 heterocycles. The van der Waals surface area contributed by atoms with Gasteiger partial charge in [-0.1, -0.05) is 25.7 Å². The number of rotatable bonds is 4.